The Morgan fingerprint density at radius 3 is 2.44 bits per heavy atom. The molecule has 0 N–H and O–H groups in total. The van der Waals surface area contributed by atoms with E-state index in [1.807, 2.05) is 33.9 Å². The Morgan fingerprint density at radius 2 is 1.85 bits per heavy atom. The van der Waals surface area contributed by atoms with Crippen LogP contribution in [0, 0.1) is 0 Å². The predicted molar refractivity (Wildman–Crippen MR) is 104 cm³/mol. The lowest BCUT2D eigenvalue weighted by Crippen LogP contribution is -2.43. The van der Waals surface area contributed by atoms with Crippen LogP contribution >= 0.6 is 0 Å². The molecule has 0 bridgehead atoms. The number of carbonyl (C=O) groups excluding carboxylic acids is 2. The van der Waals surface area contributed by atoms with Crippen molar-refractivity contribution in [3.63, 3.8) is 0 Å². The van der Waals surface area contributed by atoms with Gasteiger partial charge in [-0.3, -0.25) is 4.79 Å². The van der Waals surface area contributed by atoms with Crippen molar-refractivity contribution in [3.8, 4) is 5.75 Å². The van der Waals surface area contributed by atoms with Crippen molar-refractivity contribution in [1.82, 2.24) is 4.90 Å². The van der Waals surface area contributed by atoms with Crippen molar-refractivity contribution in [2.45, 2.75) is 65.1 Å². The molecule has 148 valence electrons. The Hall–Kier alpha value is -2.24. The van der Waals surface area contributed by atoms with Crippen molar-refractivity contribution in [2.75, 3.05) is 25.0 Å². The van der Waals surface area contributed by atoms with Crippen LogP contribution in [0.1, 0.15) is 51.7 Å². The van der Waals surface area contributed by atoms with Gasteiger partial charge < -0.3 is 19.3 Å². The van der Waals surface area contributed by atoms with Gasteiger partial charge in [-0.1, -0.05) is 13.3 Å². The maximum atomic E-state index is 12.5. The Bertz CT molecular complexity index is 738. The second-order valence-electron chi connectivity index (χ2n) is 8.35. The molecular weight excluding hydrogens is 344 g/mol. The second kappa shape index (κ2) is 7.41. The molecule has 1 aromatic rings. The molecule has 2 amide bonds. The monoisotopic (exact) mass is 374 g/mol. The average molecular weight is 374 g/mol. The van der Waals surface area contributed by atoms with Gasteiger partial charge in [0, 0.05) is 20.1 Å². The van der Waals surface area contributed by atoms with E-state index in [0.29, 0.717) is 19.5 Å². The van der Waals surface area contributed by atoms with Crippen LogP contribution in [0.4, 0.5) is 10.5 Å². The molecule has 1 aromatic carbocycles. The SMILES string of the molecule is CCCC1Oc2cc3c(cc2N(C)C1=O)CCN(C(=O)OC(C)(C)C)CC3. The van der Waals surface area contributed by atoms with Gasteiger partial charge >= 0.3 is 6.09 Å². The summed E-state index contributed by atoms with van der Waals surface area (Å²) in [4.78, 5) is 28.4. The van der Waals surface area contributed by atoms with Crippen LogP contribution < -0.4 is 9.64 Å². The summed E-state index contributed by atoms with van der Waals surface area (Å²) in [7, 11) is 1.81. The van der Waals surface area contributed by atoms with E-state index in [4.69, 9.17) is 9.47 Å². The molecule has 2 heterocycles. The molecule has 2 aliphatic heterocycles. The summed E-state index contributed by atoms with van der Waals surface area (Å²) in [6.45, 7) is 8.91. The predicted octanol–water partition coefficient (Wildman–Crippen LogP) is 3.55. The second-order valence-corrected chi connectivity index (χ2v) is 8.35. The molecule has 0 aromatic heterocycles. The highest BCUT2D eigenvalue weighted by atomic mass is 16.6. The number of carbonyl (C=O) groups is 2. The quantitative estimate of drug-likeness (QED) is 0.794. The van der Waals surface area contributed by atoms with Crippen LogP contribution in [-0.4, -0.2) is 48.7 Å². The molecule has 2 aliphatic rings. The zero-order valence-corrected chi connectivity index (χ0v) is 17.0. The summed E-state index contributed by atoms with van der Waals surface area (Å²) < 4.78 is 11.5. The van der Waals surface area contributed by atoms with E-state index in [1.165, 1.54) is 5.56 Å². The van der Waals surface area contributed by atoms with Crippen molar-refractivity contribution >= 4 is 17.7 Å². The van der Waals surface area contributed by atoms with E-state index >= 15 is 0 Å². The number of rotatable bonds is 2. The first kappa shape index (κ1) is 19.5. The minimum Gasteiger partial charge on any atom is -0.478 e. The van der Waals surface area contributed by atoms with Crippen molar-refractivity contribution in [1.29, 1.82) is 0 Å². The first-order chi connectivity index (χ1) is 12.7. The third-order valence-corrected chi connectivity index (χ3v) is 5.02. The minimum absolute atomic E-state index is 0.00769. The van der Waals surface area contributed by atoms with Crippen molar-refractivity contribution in [3.05, 3.63) is 23.3 Å². The highest BCUT2D eigenvalue weighted by Gasteiger charge is 2.33. The minimum atomic E-state index is -0.499. The Balaban J connectivity index is 1.80. The standard InChI is InChI=1S/C21H30N2O4/c1-6-7-17-19(24)22(5)16-12-14-8-10-23(20(25)27-21(2,3)4)11-9-15(14)13-18(16)26-17/h12-13,17H,6-11H2,1-5H3. The van der Waals surface area contributed by atoms with Gasteiger partial charge in [0.15, 0.2) is 6.10 Å². The molecule has 27 heavy (non-hydrogen) atoms. The normalized spacial score (nSPS) is 19.7. The van der Waals surface area contributed by atoms with Gasteiger partial charge in [-0.05, 0) is 63.3 Å². The van der Waals surface area contributed by atoms with Gasteiger partial charge in [0.1, 0.15) is 11.4 Å². The van der Waals surface area contributed by atoms with Gasteiger partial charge in [0.2, 0.25) is 0 Å². The number of anilines is 1. The van der Waals surface area contributed by atoms with Crippen LogP contribution in [0.25, 0.3) is 0 Å². The Kier molecular flexibility index (Phi) is 5.36. The third kappa shape index (κ3) is 4.20. The lowest BCUT2D eigenvalue weighted by atomic mass is 9.99. The number of nitrogens with zero attached hydrogens (tertiary/aromatic N) is 2. The summed E-state index contributed by atoms with van der Waals surface area (Å²) in [5.41, 5.74) is 2.66. The first-order valence-electron chi connectivity index (χ1n) is 9.77. The van der Waals surface area contributed by atoms with E-state index in [9.17, 15) is 9.59 Å². The van der Waals surface area contributed by atoms with Gasteiger partial charge in [-0.25, -0.2) is 4.79 Å². The van der Waals surface area contributed by atoms with Gasteiger partial charge in [0.05, 0.1) is 5.69 Å². The van der Waals surface area contributed by atoms with Gasteiger partial charge in [-0.2, -0.15) is 0 Å². The molecular formula is C21H30N2O4. The van der Waals surface area contributed by atoms with Crippen molar-refractivity contribution < 1.29 is 19.1 Å². The third-order valence-electron chi connectivity index (χ3n) is 5.02. The summed E-state index contributed by atoms with van der Waals surface area (Å²) in [6, 6.07) is 4.10. The van der Waals surface area contributed by atoms with Crippen LogP contribution in [0.3, 0.4) is 0 Å². The molecule has 3 rings (SSSR count). The summed E-state index contributed by atoms with van der Waals surface area (Å²) in [5, 5.41) is 0. The van der Waals surface area contributed by atoms with Gasteiger partial charge in [-0.15, -0.1) is 0 Å². The van der Waals surface area contributed by atoms with Crippen LogP contribution in [-0.2, 0) is 22.4 Å². The van der Waals surface area contributed by atoms with E-state index in [2.05, 4.69) is 13.0 Å². The summed E-state index contributed by atoms with van der Waals surface area (Å²) in [6.07, 6.45) is 2.42. The lowest BCUT2D eigenvalue weighted by molar-refractivity contribution is -0.126. The molecule has 6 nitrogen and oxygen atoms in total. The number of likely N-dealkylation sites (N-methyl/N-ethyl adjacent to an activating group) is 1. The highest BCUT2D eigenvalue weighted by Crippen LogP contribution is 2.37. The molecule has 6 heteroatoms. The largest absolute Gasteiger partial charge is 0.478 e. The number of fused-ring (bicyclic) bond motifs is 2. The number of ether oxygens (including phenoxy) is 2. The maximum Gasteiger partial charge on any atom is 0.410 e. The van der Waals surface area contributed by atoms with E-state index in [-0.39, 0.29) is 12.0 Å². The van der Waals surface area contributed by atoms with Crippen LogP contribution in [0.2, 0.25) is 0 Å². The Labute approximate surface area is 161 Å². The lowest BCUT2D eigenvalue weighted by Gasteiger charge is -2.32. The van der Waals surface area contributed by atoms with E-state index < -0.39 is 11.7 Å². The average Bonchev–Trinajstić information content (AvgIpc) is 2.79. The molecule has 0 saturated heterocycles. The van der Waals surface area contributed by atoms with Gasteiger partial charge in [0.25, 0.3) is 5.91 Å². The molecule has 1 unspecified atom stereocenters. The number of hydrogen-bond acceptors (Lipinski definition) is 4. The fourth-order valence-corrected chi connectivity index (χ4v) is 3.59. The molecule has 0 radical (unpaired) electrons. The van der Waals surface area contributed by atoms with Crippen LogP contribution in [0.15, 0.2) is 12.1 Å². The number of benzene rings is 1. The molecule has 0 aliphatic carbocycles. The molecule has 1 atom stereocenters. The van der Waals surface area contributed by atoms with E-state index in [0.717, 1.165) is 36.3 Å². The smallest absolute Gasteiger partial charge is 0.410 e. The van der Waals surface area contributed by atoms with Crippen LogP contribution in [0.5, 0.6) is 5.75 Å². The summed E-state index contributed by atoms with van der Waals surface area (Å²) >= 11 is 0. The molecule has 0 spiro atoms. The zero-order valence-electron chi connectivity index (χ0n) is 17.0. The molecule has 0 fully saturated rings. The van der Waals surface area contributed by atoms with Crippen molar-refractivity contribution in [2.24, 2.45) is 0 Å². The molecule has 0 saturated carbocycles. The fraction of sp³-hybridized carbons (Fsp3) is 0.619. The highest BCUT2D eigenvalue weighted by molar-refractivity contribution is 5.99. The Morgan fingerprint density at radius 1 is 1.22 bits per heavy atom. The number of hydrogen-bond donors (Lipinski definition) is 0. The first-order valence-corrected chi connectivity index (χ1v) is 9.77. The topological polar surface area (TPSA) is 59.1 Å². The maximum absolute atomic E-state index is 12.5. The zero-order chi connectivity index (χ0) is 19.8. The van der Waals surface area contributed by atoms with E-state index in [1.54, 1.807) is 9.80 Å². The summed E-state index contributed by atoms with van der Waals surface area (Å²) in [5.74, 6) is 0.772. The number of amides is 2. The fourth-order valence-electron chi connectivity index (χ4n) is 3.59.